The molecular formula is C25H24F4N6O3. The number of nitrogens with zero attached hydrogens (tertiary/aromatic N) is 2. The Kier molecular flexibility index (Phi) is 7.49. The highest BCUT2D eigenvalue weighted by molar-refractivity contribution is 5.99. The normalized spacial score (nSPS) is 17.2. The number of alkyl halides is 3. The maximum atomic E-state index is 13.4. The number of amides is 2. The molecule has 0 saturated carbocycles. The van der Waals surface area contributed by atoms with Crippen LogP contribution >= 0.6 is 0 Å². The number of aryl methyl sites for hydroxylation is 1. The Morgan fingerprint density at radius 1 is 1.16 bits per heavy atom. The van der Waals surface area contributed by atoms with E-state index in [1.54, 1.807) is 13.0 Å². The number of nitrogen functional groups attached to an aromatic ring is 1. The van der Waals surface area contributed by atoms with Gasteiger partial charge >= 0.3 is 6.18 Å². The van der Waals surface area contributed by atoms with Gasteiger partial charge < -0.3 is 26.4 Å². The van der Waals surface area contributed by atoms with Crippen molar-refractivity contribution >= 4 is 28.9 Å². The van der Waals surface area contributed by atoms with Crippen LogP contribution in [0.1, 0.15) is 33.6 Å². The number of aromatic nitrogens is 2. The Morgan fingerprint density at radius 2 is 1.95 bits per heavy atom. The van der Waals surface area contributed by atoms with E-state index in [1.807, 2.05) is 0 Å². The molecule has 0 bridgehead atoms. The molecule has 4 rings (SSSR count). The van der Waals surface area contributed by atoms with Gasteiger partial charge in [0.25, 0.3) is 5.91 Å². The van der Waals surface area contributed by atoms with Gasteiger partial charge in [0.2, 0.25) is 5.91 Å². The van der Waals surface area contributed by atoms with Crippen LogP contribution in [0.3, 0.4) is 0 Å². The van der Waals surface area contributed by atoms with Gasteiger partial charge in [0.15, 0.2) is 0 Å². The molecule has 3 aromatic rings. The summed E-state index contributed by atoms with van der Waals surface area (Å²) < 4.78 is 58.7. The summed E-state index contributed by atoms with van der Waals surface area (Å²) in [5, 5.41) is 8.09. The summed E-state index contributed by atoms with van der Waals surface area (Å²) in [5.74, 6) is -2.02. The van der Waals surface area contributed by atoms with E-state index in [9.17, 15) is 27.2 Å². The van der Waals surface area contributed by atoms with Crippen LogP contribution < -0.4 is 21.7 Å². The Balaban J connectivity index is 1.44. The van der Waals surface area contributed by atoms with Crippen LogP contribution in [0.4, 0.5) is 34.6 Å². The molecule has 5 N–H and O–H groups in total. The standard InChI is InChI=1S/C25H24F4N6O3/c1-14-6-18(34-20-3-2-16(26)8-19(20)25(27,28)29)11-32-21(14)12-33-23(37)24(4-5-38-13-24)35-22(36)15-7-17(30)10-31-9-15/h2-3,6-11,34H,4-5,12-13,30H2,1H3,(H,33,37)(H,35,36). The minimum atomic E-state index is -4.75. The molecule has 1 aromatic carbocycles. The molecule has 9 nitrogen and oxygen atoms in total. The highest BCUT2D eigenvalue weighted by Gasteiger charge is 2.44. The maximum Gasteiger partial charge on any atom is 0.418 e. The van der Waals surface area contributed by atoms with E-state index >= 15 is 0 Å². The number of hydrogen-bond acceptors (Lipinski definition) is 7. The summed E-state index contributed by atoms with van der Waals surface area (Å²) in [5.41, 5.74) is 4.68. The Hall–Kier alpha value is -4.26. The SMILES string of the molecule is Cc1cc(Nc2ccc(F)cc2C(F)(F)F)cnc1CNC(=O)C1(NC(=O)c2cncc(N)c2)CCOC1. The molecule has 0 aliphatic carbocycles. The van der Waals surface area contributed by atoms with Crippen molar-refractivity contribution in [2.75, 3.05) is 24.3 Å². The lowest BCUT2D eigenvalue weighted by atomic mass is 9.96. The highest BCUT2D eigenvalue weighted by atomic mass is 19.4. The highest BCUT2D eigenvalue weighted by Crippen LogP contribution is 2.36. The molecule has 38 heavy (non-hydrogen) atoms. The lowest BCUT2D eigenvalue weighted by Crippen LogP contribution is -2.59. The van der Waals surface area contributed by atoms with Gasteiger partial charge in [0.05, 0.1) is 53.2 Å². The van der Waals surface area contributed by atoms with Crippen molar-refractivity contribution in [3.63, 3.8) is 0 Å². The summed E-state index contributed by atoms with van der Waals surface area (Å²) >= 11 is 0. The number of benzene rings is 1. The number of carbonyl (C=O) groups is 2. The molecule has 13 heteroatoms. The van der Waals surface area contributed by atoms with Crippen molar-refractivity contribution in [3.05, 3.63) is 77.1 Å². The molecule has 1 fully saturated rings. The zero-order valence-corrected chi connectivity index (χ0v) is 20.2. The van der Waals surface area contributed by atoms with Crippen molar-refractivity contribution in [2.45, 2.75) is 31.6 Å². The quantitative estimate of drug-likeness (QED) is 0.343. The first-order valence-corrected chi connectivity index (χ1v) is 11.5. The Labute approximate surface area is 214 Å². The number of nitrogens with one attached hydrogen (secondary N) is 3. The molecule has 1 aliphatic rings. The smallest absolute Gasteiger partial charge is 0.397 e. The summed E-state index contributed by atoms with van der Waals surface area (Å²) in [6.07, 6.45) is -0.478. The van der Waals surface area contributed by atoms with Gasteiger partial charge in [-0.2, -0.15) is 13.2 Å². The molecule has 0 spiro atoms. The van der Waals surface area contributed by atoms with E-state index in [-0.39, 0.29) is 43.1 Å². The average Bonchev–Trinajstić information content (AvgIpc) is 3.33. The van der Waals surface area contributed by atoms with E-state index < -0.39 is 34.9 Å². The largest absolute Gasteiger partial charge is 0.418 e. The first-order valence-electron chi connectivity index (χ1n) is 11.5. The number of rotatable bonds is 7. The molecule has 200 valence electrons. The van der Waals surface area contributed by atoms with Crippen molar-refractivity contribution in [3.8, 4) is 0 Å². The van der Waals surface area contributed by atoms with Crippen LogP contribution in [0.2, 0.25) is 0 Å². The van der Waals surface area contributed by atoms with Crippen molar-refractivity contribution in [2.24, 2.45) is 0 Å². The third kappa shape index (κ3) is 5.99. The van der Waals surface area contributed by atoms with Crippen molar-refractivity contribution in [1.29, 1.82) is 0 Å². The molecule has 1 aliphatic heterocycles. The van der Waals surface area contributed by atoms with Crippen LogP contribution in [0.15, 0.2) is 48.9 Å². The zero-order valence-electron chi connectivity index (χ0n) is 20.2. The van der Waals surface area contributed by atoms with Gasteiger partial charge in [-0.05, 0) is 42.8 Å². The molecule has 3 heterocycles. The van der Waals surface area contributed by atoms with Gasteiger partial charge in [-0.25, -0.2) is 4.39 Å². The second-order valence-corrected chi connectivity index (χ2v) is 8.83. The predicted octanol–water partition coefficient (Wildman–Crippen LogP) is 3.47. The predicted molar refractivity (Wildman–Crippen MR) is 130 cm³/mol. The number of carbonyl (C=O) groups excluding carboxylic acids is 2. The fourth-order valence-electron chi connectivity index (χ4n) is 3.98. The van der Waals surface area contributed by atoms with Gasteiger partial charge in [-0.15, -0.1) is 0 Å². The lowest BCUT2D eigenvalue weighted by molar-refractivity contribution is -0.137. The first kappa shape index (κ1) is 26.8. The van der Waals surface area contributed by atoms with Crippen LogP contribution in [-0.4, -0.2) is 40.5 Å². The third-order valence-corrected chi connectivity index (χ3v) is 6.00. The van der Waals surface area contributed by atoms with Gasteiger partial charge in [-0.3, -0.25) is 19.6 Å². The van der Waals surface area contributed by atoms with E-state index in [4.69, 9.17) is 10.5 Å². The van der Waals surface area contributed by atoms with E-state index in [0.29, 0.717) is 23.0 Å². The fourth-order valence-corrected chi connectivity index (χ4v) is 3.98. The van der Waals surface area contributed by atoms with E-state index in [1.165, 1.54) is 24.7 Å². The molecular weight excluding hydrogens is 508 g/mol. The number of anilines is 3. The van der Waals surface area contributed by atoms with Gasteiger partial charge in [0, 0.05) is 25.4 Å². The van der Waals surface area contributed by atoms with Crippen molar-refractivity contribution < 1.29 is 31.9 Å². The molecule has 2 amide bonds. The van der Waals surface area contributed by atoms with Gasteiger partial charge in [0.1, 0.15) is 11.4 Å². The molecule has 1 atom stereocenters. The minimum Gasteiger partial charge on any atom is -0.397 e. The van der Waals surface area contributed by atoms with Crippen LogP contribution in [-0.2, 0) is 22.3 Å². The minimum absolute atomic E-state index is 0.00719. The number of nitrogens with two attached hydrogens (primary N) is 1. The topological polar surface area (TPSA) is 131 Å². The molecule has 0 radical (unpaired) electrons. The molecule has 1 unspecified atom stereocenters. The van der Waals surface area contributed by atoms with E-state index in [2.05, 4.69) is 25.9 Å². The first-order chi connectivity index (χ1) is 18.0. The number of ether oxygens (including phenoxy) is 1. The Morgan fingerprint density at radius 3 is 2.61 bits per heavy atom. The number of hydrogen-bond donors (Lipinski definition) is 4. The van der Waals surface area contributed by atoms with Crippen LogP contribution in [0.5, 0.6) is 0 Å². The van der Waals surface area contributed by atoms with E-state index in [0.717, 1.165) is 12.1 Å². The summed E-state index contributed by atoms with van der Waals surface area (Å²) in [7, 11) is 0. The second kappa shape index (κ2) is 10.6. The summed E-state index contributed by atoms with van der Waals surface area (Å²) in [6, 6.07) is 5.33. The monoisotopic (exact) mass is 532 g/mol. The fraction of sp³-hybridized carbons (Fsp3) is 0.280. The van der Waals surface area contributed by atoms with Crippen LogP contribution in [0.25, 0.3) is 0 Å². The van der Waals surface area contributed by atoms with Gasteiger partial charge in [-0.1, -0.05) is 0 Å². The maximum absolute atomic E-state index is 13.4. The lowest BCUT2D eigenvalue weighted by Gasteiger charge is -2.27. The molecule has 1 saturated heterocycles. The van der Waals surface area contributed by atoms with Crippen molar-refractivity contribution in [1.82, 2.24) is 20.6 Å². The Bertz CT molecular complexity index is 1360. The zero-order chi connectivity index (χ0) is 27.5. The number of pyridine rings is 2. The third-order valence-electron chi connectivity index (χ3n) is 6.00. The summed E-state index contributed by atoms with van der Waals surface area (Å²) in [6.45, 7) is 1.91. The average molecular weight is 532 g/mol. The summed E-state index contributed by atoms with van der Waals surface area (Å²) in [4.78, 5) is 34.0. The molecule has 2 aromatic heterocycles. The number of halogens is 4. The van der Waals surface area contributed by atoms with Crippen LogP contribution in [0, 0.1) is 12.7 Å². The second-order valence-electron chi connectivity index (χ2n) is 8.83.